The van der Waals surface area contributed by atoms with Gasteiger partial charge in [0, 0.05) is 27.6 Å². The van der Waals surface area contributed by atoms with Gasteiger partial charge in [0.2, 0.25) is 0 Å². The van der Waals surface area contributed by atoms with Crippen LogP contribution >= 0.6 is 0 Å². The second-order valence-electron chi connectivity index (χ2n) is 12.4. The summed E-state index contributed by atoms with van der Waals surface area (Å²) in [5, 5.41) is 6.25. The molecule has 0 saturated carbocycles. The lowest BCUT2D eigenvalue weighted by atomic mass is 9.82. The van der Waals surface area contributed by atoms with Gasteiger partial charge < -0.3 is 9.88 Å². The minimum atomic E-state index is -0.0302. The van der Waals surface area contributed by atoms with Crippen LogP contribution in [0.1, 0.15) is 37.5 Å². The highest BCUT2D eigenvalue weighted by Gasteiger charge is 2.35. The first-order valence-corrected chi connectivity index (χ1v) is 15.0. The lowest BCUT2D eigenvalue weighted by molar-refractivity contribution is 0.660. The summed E-state index contributed by atoms with van der Waals surface area (Å²) in [5.41, 5.74) is 12.9. The number of fused-ring (bicyclic) bond motifs is 6. The molecule has 1 heterocycles. The third-order valence-corrected chi connectivity index (χ3v) is 9.43. The molecule has 0 bridgehead atoms. The Hall–Kier alpha value is -4.82. The van der Waals surface area contributed by atoms with Gasteiger partial charge in [0.1, 0.15) is 0 Å². The van der Waals surface area contributed by atoms with Gasteiger partial charge in [-0.2, -0.15) is 0 Å². The van der Waals surface area contributed by atoms with Gasteiger partial charge in [-0.25, -0.2) is 0 Å². The fourth-order valence-electron chi connectivity index (χ4n) is 7.19. The average Bonchev–Trinajstić information content (AvgIpc) is 3.47. The van der Waals surface area contributed by atoms with E-state index in [-0.39, 0.29) is 11.5 Å². The summed E-state index contributed by atoms with van der Waals surface area (Å²) in [6.07, 6.45) is 6.99. The molecule has 2 unspecified atom stereocenters. The molecule has 0 fully saturated rings. The number of allylic oxidation sites excluding steroid dienone is 2. The lowest BCUT2D eigenvalue weighted by Crippen LogP contribution is -2.25. The van der Waals surface area contributed by atoms with E-state index < -0.39 is 0 Å². The summed E-state index contributed by atoms with van der Waals surface area (Å²) in [7, 11) is 0. The largest absolute Gasteiger partial charge is 0.378 e. The van der Waals surface area contributed by atoms with Crippen molar-refractivity contribution in [3.63, 3.8) is 0 Å². The molecular formula is C40H34N2. The zero-order valence-corrected chi connectivity index (χ0v) is 24.3. The van der Waals surface area contributed by atoms with Gasteiger partial charge >= 0.3 is 0 Å². The van der Waals surface area contributed by atoms with Crippen molar-refractivity contribution in [1.29, 1.82) is 0 Å². The summed E-state index contributed by atoms with van der Waals surface area (Å²) in [5.74, 6) is 0.376. The third-order valence-electron chi connectivity index (χ3n) is 9.43. The second-order valence-corrected chi connectivity index (χ2v) is 12.4. The molecule has 1 N–H and O–H groups in total. The number of nitrogens with zero attached hydrogens (tertiary/aromatic N) is 1. The Balaban J connectivity index is 1.21. The topological polar surface area (TPSA) is 17.0 Å². The fraction of sp³-hybridized carbons (Fsp3) is 0.150. The predicted octanol–water partition coefficient (Wildman–Crippen LogP) is 10.2. The van der Waals surface area contributed by atoms with E-state index in [9.17, 15) is 0 Å². The number of hydrogen-bond acceptors (Lipinski definition) is 1. The number of anilines is 1. The highest BCUT2D eigenvalue weighted by molar-refractivity contribution is 6.10. The highest BCUT2D eigenvalue weighted by atomic mass is 15.0. The summed E-state index contributed by atoms with van der Waals surface area (Å²) in [4.78, 5) is 0. The Morgan fingerprint density at radius 2 is 1.40 bits per heavy atom. The number of nitrogens with one attached hydrogen (secondary N) is 1. The van der Waals surface area contributed by atoms with Crippen LogP contribution in [0.3, 0.4) is 0 Å². The van der Waals surface area contributed by atoms with E-state index in [1.54, 1.807) is 0 Å². The third kappa shape index (κ3) is 3.79. The van der Waals surface area contributed by atoms with Crippen molar-refractivity contribution in [2.45, 2.75) is 32.2 Å². The fourth-order valence-corrected chi connectivity index (χ4v) is 7.19. The molecule has 8 rings (SSSR count). The SMILES string of the molecule is CC1C=C(c2ccc3c(c2)c2ccccc2n3-c2ccc3c(c2)C(C)(C)c2ccccc2-3)C=CC1Nc1ccccc1. The van der Waals surface area contributed by atoms with Crippen molar-refractivity contribution >= 4 is 33.1 Å². The number of rotatable bonds is 4. The van der Waals surface area contributed by atoms with Crippen LogP contribution in [-0.2, 0) is 5.41 Å². The van der Waals surface area contributed by atoms with Crippen molar-refractivity contribution in [2.75, 3.05) is 5.32 Å². The van der Waals surface area contributed by atoms with Gasteiger partial charge in [-0.1, -0.05) is 112 Å². The maximum Gasteiger partial charge on any atom is 0.0541 e. The molecule has 0 radical (unpaired) electrons. The molecule has 5 aromatic carbocycles. The first kappa shape index (κ1) is 24.9. The van der Waals surface area contributed by atoms with Gasteiger partial charge in [0.15, 0.2) is 0 Å². The van der Waals surface area contributed by atoms with Crippen LogP contribution in [0.4, 0.5) is 5.69 Å². The van der Waals surface area contributed by atoms with E-state index in [4.69, 9.17) is 0 Å². The molecular weight excluding hydrogens is 508 g/mol. The zero-order valence-electron chi connectivity index (χ0n) is 24.3. The van der Waals surface area contributed by atoms with Crippen molar-refractivity contribution in [2.24, 2.45) is 5.92 Å². The number of para-hydroxylation sites is 2. The van der Waals surface area contributed by atoms with Gasteiger partial charge in [0.05, 0.1) is 17.1 Å². The van der Waals surface area contributed by atoms with E-state index in [2.05, 4.69) is 164 Å². The molecule has 2 atom stereocenters. The van der Waals surface area contributed by atoms with Gasteiger partial charge in [0.25, 0.3) is 0 Å². The van der Waals surface area contributed by atoms with E-state index in [0.29, 0.717) is 5.92 Å². The quantitative estimate of drug-likeness (QED) is 0.234. The smallest absolute Gasteiger partial charge is 0.0541 e. The maximum atomic E-state index is 3.67. The molecule has 2 aliphatic rings. The van der Waals surface area contributed by atoms with Crippen molar-refractivity contribution in [3.05, 3.63) is 150 Å². The Kier molecular flexibility index (Phi) is 5.55. The van der Waals surface area contributed by atoms with Crippen molar-refractivity contribution < 1.29 is 0 Å². The summed E-state index contributed by atoms with van der Waals surface area (Å²) in [6, 6.07) is 42.5. The molecule has 204 valence electrons. The van der Waals surface area contributed by atoms with Crippen LogP contribution in [0.2, 0.25) is 0 Å². The van der Waals surface area contributed by atoms with Gasteiger partial charge in [-0.3, -0.25) is 0 Å². The summed E-state index contributed by atoms with van der Waals surface area (Å²) >= 11 is 0. The molecule has 6 aromatic rings. The Morgan fingerprint density at radius 3 is 2.26 bits per heavy atom. The summed E-state index contributed by atoms with van der Waals surface area (Å²) in [6.45, 7) is 7.00. The van der Waals surface area contributed by atoms with Crippen LogP contribution < -0.4 is 5.32 Å². The zero-order chi connectivity index (χ0) is 28.4. The van der Waals surface area contributed by atoms with E-state index in [0.717, 1.165) is 5.69 Å². The van der Waals surface area contributed by atoms with Crippen molar-refractivity contribution in [1.82, 2.24) is 4.57 Å². The van der Waals surface area contributed by atoms with Crippen LogP contribution in [-0.4, -0.2) is 10.6 Å². The lowest BCUT2D eigenvalue weighted by Gasteiger charge is -2.25. The molecule has 0 saturated heterocycles. The second kappa shape index (κ2) is 9.36. The first-order valence-electron chi connectivity index (χ1n) is 15.0. The number of aromatic nitrogens is 1. The molecule has 0 amide bonds. The van der Waals surface area contributed by atoms with Crippen LogP contribution in [0.25, 0.3) is 44.2 Å². The van der Waals surface area contributed by atoms with Gasteiger partial charge in [-0.15, -0.1) is 0 Å². The summed E-state index contributed by atoms with van der Waals surface area (Å²) < 4.78 is 2.45. The number of benzene rings is 5. The van der Waals surface area contributed by atoms with Crippen LogP contribution in [0, 0.1) is 5.92 Å². The van der Waals surface area contributed by atoms with Crippen molar-refractivity contribution in [3.8, 4) is 16.8 Å². The molecule has 2 heteroatoms. The predicted molar refractivity (Wildman–Crippen MR) is 178 cm³/mol. The normalized spacial score (nSPS) is 18.6. The Morgan fingerprint density at radius 1 is 0.667 bits per heavy atom. The average molecular weight is 543 g/mol. The monoisotopic (exact) mass is 542 g/mol. The van der Waals surface area contributed by atoms with Gasteiger partial charge in [-0.05, 0) is 81.8 Å². The maximum absolute atomic E-state index is 3.67. The highest BCUT2D eigenvalue weighted by Crippen LogP contribution is 2.49. The van der Waals surface area contributed by atoms with E-state index >= 15 is 0 Å². The molecule has 2 aliphatic carbocycles. The molecule has 0 spiro atoms. The Bertz CT molecular complexity index is 2050. The molecule has 2 nitrogen and oxygen atoms in total. The number of hydrogen-bond donors (Lipinski definition) is 1. The minimum Gasteiger partial charge on any atom is -0.378 e. The van der Waals surface area contributed by atoms with E-state index in [1.807, 2.05) is 0 Å². The minimum absolute atomic E-state index is 0.0302. The standard InChI is InChI=1S/C40H34N2/c1-26-23-27(17-21-37(26)41-29-11-5-4-6-12-29)28-18-22-39-34(24-28)33-14-8-10-16-38(33)42(39)30-19-20-32-31-13-7-9-15-35(31)40(2,3)36(32)25-30/h4-26,37,41H,1-3H3. The first-order chi connectivity index (χ1) is 20.5. The van der Waals surface area contributed by atoms with Crippen LogP contribution in [0.15, 0.2) is 133 Å². The molecule has 42 heavy (non-hydrogen) atoms. The van der Waals surface area contributed by atoms with Crippen LogP contribution in [0.5, 0.6) is 0 Å². The Labute approximate surface area is 247 Å². The van der Waals surface area contributed by atoms with E-state index in [1.165, 1.54) is 60.9 Å². The molecule has 1 aromatic heterocycles. The molecule has 0 aliphatic heterocycles.